The Hall–Kier alpha value is -3.78. The Kier molecular flexibility index (Phi) is 5.98. The van der Waals surface area contributed by atoms with Gasteiger partial charge in [-0.1, -0.05) is 41.9 Å². The molecule has 0 radical (unpaired) electrons. The highest BCUT2D eigenvalue weighted by Gasteiger charge is 2.24. The molecule has 0 spiro atoms. The molecule has 1 aliphatic rings. The smallest absolute Gasteiger partial charge is 0.322 e. The predicted molar refractivity (Wildman–Crippen MR) is 129 cm³/mol. The Morgan fingerprint density at radius 2 is 1.68 bits per heavy atom. The van der Waals surface area contributed by atoms with Crippen molar-refractivity contribution in [1.82, 2.24) is 14.9 Å². The first kappa shape index (κ1) is 22.0. The Balaban J connectivity index is 1.37. The molecule has 34 heavy (non-hydrogen) atoms. The highest BCUT2D eigenvalue weighted by atomic mass is 35.5. The quantitative estimate of drug-likeness (QED) is 0.416. The van der Waals surface area contributed by atoms with Crippen LogP contribution in [0.5, 0.6) is 0 Å². The Morgan fingerprint density at radius 1 is 0.912 bits per heavy atom. The lowest BCUT2D eigenvalue weighted by Crippen LogP contribution is -2.50. The summed E-state index contributed by atoms with van der Waals surface area (Å²) in [5.41, 5.74) is 1.58. The first-order chi connectivity index (χ1) is 16.5. The molecule has 1 aromatic heterocycles. The summed E-state index contributed by atoms with van der Waals surface area (Å²) in [5, 5.41) is 3.97. The highest BCUT2D eigenvalue weighted by molar-refractivity contribution is 6.31. The third-order valence-corrected chi connectivity index (χ3v) is 5.95. The maximum absolute atomic E-state index is 13.9. The molecule has 0 aliphatic carbocycles. The molecule has 4 aromatic rings. The van der Waals surface area contributed by atoms with Crippen LogP contribution in [0, 0.1) is 11.6 Å². The molecular weight excluding hydrogens is 460 g/mol. The van der Waals surface area contributed by atoms with Crippen LogP contribution >= 0.6 is 11.6 Å². The molecule has 0 saturated carbocycles. The van der Waals surface area contributed by atoms with Crippen LogP contribution in [0.15, 0.2) is 66.7 Å². The average molecular weight is 480 g/mol. The number of hydrogen-bond donors (Lipinski definition) is 1. The first-order valence-electron chi connectivity index (χ1n) is 10.8. The van der Waals surface area contributed by atoms with E-state index in [4.69, 9.17) is 21.6 Å². The molecule has 1 N–H and O–H groups in total. The molecule has 0 unspecified atom stereocenters. The SMILES string of the molecule is O=C(Nc1ccc(F)cc1F)N1CCN(c2nc(-c3ccccc3)nc3cc(Cl)ccc23)CC1. The molecule has 1 aliphatic heterocycles. The summed E-state index contributed by atoms with van der Waals surface area (Å²) in [6.07, 6.45) is 0. The number of carbonyl (C=O) groups excluding carboxylic acids is 1. The molecular formula is C25H20ClF2N5O. The molecule has 1 saturated heterocycles. The number of rotatable bonds is 3. The number of aromatic nitrogens is 2. The van der Waals surface area contributed by atoms with E-state index in [0.717, 1.165) is 34.4 Å². The van der Waals surface area contributed by atoms with Crippen LogP contribution in [-0.4, -0.2) is 47.1 Å². The summed E-state index contributed by atoms with van der Waals surface area (Å²) in [4.78, 5) is 25.9. The lowest BCUT2D eigenvalue weighted by Gasteiger charge is -2.36. The van der Waals surface area contributed by atoms with Crippen molar-refractivity contribution >= 4 is 40.0 Å². The van der Waals surface area contributed by atoms with Gasteiger partial charge in [-0.3, -0.25) is 0 Å². The fourth-order valence-corrected chi connectivity index (χ4v) is 4.12. The fourth-order valence-electron chi connectivity index (χ4n) is 3.95. The van der Waals surface area contributed by atoms with Crippen molar-refractivity contribution < 1.29 is 13.6 Å². The molecule has 0 atom stereocenters. The number of piperazine rings is 1. The molecule has 0 bridgehead atoms. The number of amides is 2. The maximum Gasteiger partial charge on any atom is 0.322 e. The zero-order chi connectivity index (χ0) is 23.7. The van der Waals surface area contributed by atoms with E-state index in [-0.39, 0.29) is 5.69 Å². The van der Waals surface area contributed by atoms with E-state index in [2.05, 4.69) is 10.2 Å². The van der Waals surface area contributed by atoms with Gasteiger partial charge in [0.1, 0.15) is 17.5 Å². The minimum Gasteiger partial charge on any atom is -0.352 e. The van der Waals surface area contributed by atoms with E-state index in [1.54, 1.807) is 11.0 Å². The number of carbonyl (C=O) groups is 1. The van der Waals surface area contributed by atoms with Crippen LogP contribution in [0.3, 0.4) is 0 Å². The van der Waals surface area contributed by atoms with E-state index >= 15 is 0 Å². The topological polar surface area (TPSA) is 61.4 Å². The molecule has 2 heterocycles. The second-order valence-electron chi connectivity index (χ2n) is 7.93. The van der Waals surface area contributed by atoms with Crippen molar-refractivity contribution in [2.45, 2.75) is 0 Å². The molecule has 1 fully saturated rings. The van der Waals surface area contributed by atoms with Gasteiger partial charge in [-0.25, -0.2) is 23.5 Å². The van der Waals surface area contributed by atoms with E-state index in [0.29, 0.717) is 37.0 Å². The van der Waals surface area contributed by atoms with Crippen molar-refractivity contribution in [3.8, 4) is 11.4 Å². The summed E-state index contributed by atoms with van der Waals surface area (Å²) < 4.78 is 27.0. The van der Waals surface area contributed by atoms with Gasteiger partial charge in [0.05, 0.1) is 11.2 Å². The summed E-state index contributed by atoms with van der Waals surface area (Å²) in [5.74, 6) is -0.147. The second-order valence-corrected chi connectivity index (χ2v) is 8.36. The van der Waals surface area contributed by atoms with Gasteiger partial charge in [-0.15, -0.1) is 0 Å². The highest BCUT2D eigenvalue weighted by Crippen LogP contribution is 2.30. The largest absolute Gasteiger partial charge is 0.352 e. The third-order valence-electron chi connectivity index (χ3n) is 5.71. The van der Waals surface area contributed by atoms with Crippen LogP contribution in [-0.2, 0) is 0 Å². The number of nitrogens with one attached hydrogen (secondary N) is 1. The molecule has 3 aromatic carbocycles. The maximum atomic E-state index is 13.9. The second kappa shape index (κ2) is 9.23. The summed E-state index contributed by atoms with van der Waals surface area (Å²) in [6, 6.07) is 17.8. The van der Waals surface area contributed by atoms with Crippen LogP contribution < -0.4 is 10.2 Å². The van der Waals surface area contributed by atoms with Crippen molar-refractivity contribution in [1.29, 1.82) is 0 Å². The van der Waals surface area contributed by atoms with Gasteiger partial charge in [0, 0.05) is 48.2 Å². The molecule has 9 heteroatoms. The monoisotopic (exact) mass is 479 g/mol. The van der Waals surface area contributed by atoms with E-state index in [1.807, 2.05) is 42.5 Å². The number of benzene rings is 3. The van der Waals surface area contributed by atoms with E-state index < -0.39 is 17.7 Å². The van der Waals surface area contributed by atoms with E-state index in [1.165, 1.54) is 6.07 Å². The predicted octanol–water partition coefficient (Wildman–Crippen LogP) is 5.58. The van der Waals surface area contributed by atoms with Gasteiger partial charge in [0.25, 0.3) is 0 Å². The Bertz CT molecular complexity index is 1360. The Morgan fingerprint density at radius 3 is 2.41 bits per heavy atom. The van der Waals surface area contributed by atoms with Gasteiger partial charge >= 0.3 is 6.03 Å². The van der Waals surface area contributed by atoms with Crippen molar-refractivity contribution in [2.24, 2.45) is 0 Å². The van der Waals surface area contributed by atoms with Crippen LogP contribution in [0.2, 0.25) is 5.02 Å². The fraction of sp³-hybridized carbons (Fsp3) is 0.160. The van der Waals surface area contributed by atoms with Gasteiger partial charge in [-0.05, 0) is 30.3 Å². The number of anilines is 2. The Labute approximate surface area is 199 Å². The van der Waals surface area contributed by atoms with Gasteiger partial charge in [0.2, 0.25) is 0 Å². The van der Waals surface area contributed by atoms with Crippen molar-refractivity contribution in [2.75, 3.05) is 36.4 Å². The standard InChI is InChI=1S/C25H20ClF2N5O/c26-17-6-8-19-22(14-17)29-23(16-4-2-1-3-5-16)31-24(19)32-10-12-33(13-11-32)25(34)30-21-9-7-18(27)15-20(21)28/h1-9,14-15H,10-13H2,(H,30,34). The van der Waals surface area contributed by atoms with Gasteiger partial charge < -0.3 is 15.1 Å². The minimum atomic E-state index is -0.813. The first-order valence-corrected chi connectivity index (χ1v) is 11.1. The third kappa shape index (κ3) is 4.49. The lowest BCUT2D eigenvalue weighted by atomic mass is 10.1. The minimum absolute atomic E-state index is 0.0556. The van der Waals surface area contributed by atoms with Crippen LogP contribution in [0.1, 0.15) is 0 Å². The molecule has 6 nitrogen and oxygen atoms in total. The summed E-state index contributed by atoms with van der Waals surface area (Å²) in [7, 11) is 0. The van der Waals surface area contributed by atoms with Crippen LogP contribution in [0.25, 0.3) is 22.3 Å². The zero-order valence-corrected chi connectivity index (χ0v) is 18.8. The van der Waals surface area contributed by atoms with Crippen molar-refractivity contribution in [3.63, 3.8) is 0 Å². The molecule has 5 rings (SSSR count). The number of nitrogens with zero attached hydrogens (tertiary/aromatic N) is 4. The molecule has 2 amide bonds. The number of fused-ring (bicyclic) bond motifs is 1. The lowest BCUT2D eigenvalue weighted by molar-refractivity contribution is 0.208. The van der Waals surface area contributed by atoms with Crippen molar-refractivity contribution in [3.05, 3.63) is 83.4 Å². The molecule has 172 valence electrons. The number of hydrogen-bond acceptors (Lipinski definition) is 4. The summed E-state index contributed by atoms with van der Waals surface area (Å²) >= 11 is 6.22. The van der Waals surface area contributed by atoms with E-state index in [9.17, 15) is 13.6 Å². The van der Waals surface area contributed by atoms with Gasteiger partial charge in [0.15, 0.2) is 5.82 Å². The van der Waals surface area contributed by atoms with Gasteiger partial charge in [-0.2, -0.15) is 0 Å². The number of urea groups is 1. The zero-order valence-electron chi connectivity index (χ0n) is 18.0. The average Bonchev–Trinajstić information content (AvgIpc) is 2.85. The van der Waals surface area contributed by atoms with Crippen LogP contribution in [0.4, 0.5) is 25.1 Å². The normalized spacial score (nSPS) is 13.9. The number of halogens is 3. The summed E-state index contributed by atoms with van der Waals surface area (Å²) in [6.45, 7) is 1.88.